The Morgan fingerprint density at radius 2 is 1.65 bits per heavy atom. The SMILES string of the molecule is COc1cc([C@@H](C)NCc2cccc(O)c2)cc(OC)c1OC. The van der Waals surface area contributed by atoms with Gasteiger partial charge >= 0.3 is 0 Å². The number of rotatable bonds is 7. The average molecular weight is 317 g/mol. The Morgan fingerprint density at radius 3 is 2.17 bits per heavy atom. The Bertz CT molecular complexity index is 632. The minimum atomic E-state index is 0.0751. The van der Waals surface area contributed by atoms with Crippen LogP contribution in [0.1, 0.15) is 24.1 Å². The van der Waals surface area contributed by atoms with Crippen molar-refractivity contribution < 1.29 is 19.3 Å². The van der Waals surface area contributed by atoms with Crippen LogP contribution in [0.3, 0.4) is 0 Å². The van der Waals surface area contributed by atoms with Crippen LogP contribution in [0.4, 0.5) is 0 Å². The first-order chi connectivity index (χ1) is 11.1. The molecule has 5 nitrogen and oxygen atoms in total. The highest BCUT2D eigenvalue weighted by molar-refractivity contribution is 5.54. The maximum atomic E-state index is 9.51. The van der Waals surface area contributed by atoms with Gasteiger partial charge in [-0.3, -0.25) is 0 Å². The fourth-order valence-electron chi connectivity index (χ4n) is 2.41. The van der Waals surface area contributed by atoms with Crippen molar-refractivity contribution in [3.63, 3.8) is 0 Å². The van der Waals surface area contributed by atoms with Crippen molar-refractivity contribution in [3.05, 3.63) is 47.5 Å². The lowest BCUT2D eigenvalue weighted by Crippen LogP contribution is -2.18. The first kappa shape index (κ1) is 17.0. The molecule has 0 spiro atoms. The predicted molar refractivity (Wildman–Crippen MR) is 89.5 cm³/mol. The summed E-state index contributed by atoms with van der Waals surface area (Å²) >= 11 is 0. The molecule has 0 amide bonds. The Labute approximate surface area is 136 Å². The van der Waals surface area contributed by atoms with Gasteiger partial charge in [0.25, 0.3) is 0 Å². The van der Waals surface area contributed by atoms with Crippen molar-refractivity contribution in [1.29, 1.82) is 0 Å². The molecule has 0 bridgehead atoms. The van der Waals surface area contributed by atoms with Crippen LogP contribution in [0.5, 0.6) is 23.0 Å². The van der Waals surface area contributed by atoms with E-state index in [1.807, 2.05) is 24.3 Å². The van der Waals surface area contributed by atoms with E-state index in [-0.39, 0.29) is 11.8 Å². The second-order valence-electron chi connectivity index (χ2n) is 5.23. The smallest absolute Gasteiger partial charge is 0.203 e. The monoisotopic (exact) mass is 317 g/mol. The third-order valence-corrected chi connectivity index (χ3v) is 3.71. The minimum Gasteiger partial charge on any atom is -0.508 e. The van der Waals surface area contributed by atoms with Crippen LogP contribution in [0.15, 0.2) is 36.4 Å². The molecule has 2 N–H and O–H groups in total. The third kappa shape index (κ3) is 4.07. The van der Waals surface area contributed by atoms with Crippen LogP contribution in [0.2, 0.25) is 0 Å². The number of benzene rings is 2. The van der Waals surface area contributed by atoms with Gasteiger partial charge in [0, 0.05) is 12.6 Å². The van der Waals surface area contributed by atoms with Gasteiger partial charge in [-0.1, -0.05) is 12.1 Å². The van der Waals surface area contributed by atoms with E-state index in [0.717, 1.165) is 11.1 Å². The zero-order chi connectivity index (χ0) is 16.8. The topological polar surface area (TPSA) is 60.0 Å². The second kappa shape index (κ2) is 7.74. The molecule has 0 saturated heterocycles. The Balaban J connectivity index is 2.16. The summed E-state index contributed by atoms with van der Waals surface area (Å²) in [6.45, 7) is 2.70. The molecule has 0 saturated carbocycles. The number of phenols is 1. The van der Waals surface area contributed by atoms with Crippen molar-refractivity contribution >= 4 is 0 Å². The molecule has 2 rings (SSSR count). The predicted octanol–water partition coefficient (Wildman–Crippen LogP) is 3.27. The van der Waals surface area contributed by atoms with Gasteiger partial charge < -0.3 is 24.6 Å². The van der Waals surface area contributed by atoms with Crippen molar-refractivity contribution in [2.45, 2.75) is 19.5 Å². The molecule has 124 valence electrons. The molecular formula is C18H23NO4. The summed E-state index contributed by atoms with van der Waals surface area (Å²) < 4.78 is 16.1. The summed E-state index contributed by atoms with van der Waals surface area (Å²) in [6, 6.07) is 11.1. The normalized spacial score (nSPS) is 11.8. The summed E-state index contributed by atoms with van der Waals surface area (Å²) in [5.74, 6) is 2.12. The van der Waals surface area contributed by atoms with Gasteiger partial charge in [-0.15, -0.1) is 0 Å². The van der Waals surface area contributed by atoms with E-state index in [9.17, 15) is 5.11 Å². The number of ether oxygens (including phenoxy) is 3. The number of aromatic hydroxyl groups is 1. The van der Waals surface area contributed by atoms with Crippen LogP contribution >= 0.6 is 0 Å². The van der Waals surface area contributed by atoms with Crippen molar-refractivity contribution in [2.24, 2.45) is 0 Å². The standard InChI is InChI=1S/C18H23NO4/c1-12(19-11-13-6-5-7-15(20)8-13)14-9-16(21-2)18(23-4)17(10-14)22-3/h5-10,12,19-20H,11H2,1-4H3/t12-/m1/s1. The summed E-state index contributed by atoms with van der Waals surface area (Å²) in [5.41, 5.74) is 2.05. The Morgan fingerprint density at radius 1 is 1.00 bits per heavy atom. The fraction of sp³-hybridized carbons (Fsp3) is 0.333. The average Bonchev–Trinajstić information content (AvgIpc) is 2.58. The van der Waals surface area contributed by atoms with Crippen LogP contribution in [0.25, 0.3) is 0 Å². The number of hydrogen-bond donors (Lipinski definition) is 2. The molecule has 23 heavy (non-hydrogen) atoms. The molecular weight excluding hydrogens is 294 g/mol. The van der Waals surface area contributed by atoms with E-state index >= 15 is 0 Å². The largest absolute Gasteiger partial charge is 0.508 e. The van der Waals surface area contributed by atoms with Gasteiger partial charge in [-0.05, 0) is 42.3 Å². The fourth-order valence-corrected chi connectivity index (χ4v) is 2.41. The zero-order valence-corrected chi connectivity index (χ0v) is 13.9. The lowest BCUT2D eigenvalue weighted by atomic mass is 10.1. The molecule has 0 aliphatic heterocycles. The molecule has 1 atom stereocenters. The number of hydrogen-bond acceptors (Lipinski definition) is 5. The highest BCUT2D eigenvalue weighted by Crippen LogP contribution is 2.39. The number of nitrogens with one attached hydrogen (secondary N) is 1. The lowest BCUT2D eigenvalue weighted by Gasteiger charge is -2.19. The first-order valence-electron chi connectivity index (χ1n) is 7.40. The molecule has 0 fully saturated rings. The van der Waals surface area contributed by atoms with Gasteiger partial charge in [0.15, 0.2) is 11.5 Å². The summed E-state index contributed by atoms with van der Waals surface area (Å²) in [4.78, 5) is 0. The second-order valence-corrected chi connectivity index (χ2v) is 5.23. The van der Waals surface area contributed by atoms with E-state index in [0.29, 0.717) is 23.8 Å². The molecule has 0 unspecified atom stereocenters. The van der Waals surface area contributed by atoms with E-state index in [4.69, 9.17) is 14.2 Å². The van der Waals surface area contributed by atoms with Gasteiger partial charge in [0.1, 0.15) is 5.75 Å². The van der Waals surface area contributed by atoms with Crippen LogP contribution in [0, 0.1) is 0 Å². The Kier molecular flexibility index (Phi) is 5.71. The van der Waals surface area contributed by atoms with Crippen molar-refractivity contribution in [3.8, 4) is 23.0 Å². The third-order valence-electron chi connectivity index (χ3n) is 3.71. The minimum absolute atomic E-state index is 0.0751. The number of methoxy groups -OCH3 is 3. The summed E-state index contributed by atoms with van der Waals surface area (Å²) in [7, 11) is 4.79. The zero-order valence-electron chi connectivity index (χ0n) is 13.9. The highest BCUT2D eigenvalue weighted by Gasteiger charge is 2.16. The quantitative estimate of drug-likeness (QED) is 0.821. The first-order valence-corrected chi connectivity index (χ1v) is 7.40. The van der Waals surface area contributed by atoms with Crippen LogP contribution in [-0.2, 0) is 6.54 Å². The van der Waals surface area contributed by atoms with Crippen molar-refractivity contribution in [2.75, 3.05) is 21.3 Å². The molecule has 2 aromatic rings. The van der Waals surface area contributed by atoms with Crippen molar-refractivity contribution in [1.82, 2.24) is 5.32 Å². The molecule has 0 aliphatic carbocycles. The molecule has 0 radical (unpaired) electrons. The lowest BCUT2D eigenvalue weighted by molar-refractivity contribution is 0.323. The summed E-state index contributed by atoms with van der Waals surface area (Å²) in [5, 5.41) is 12.9. The maximum Gasteiger partial charge on any atom is 0.203 e. The van der Waals surface area contributed by atoms with Gasteiger partial charge in [0.2, 0.25) is 5.75 Å². The molecule has 0 heterocycles. The Hall–Kier alpha value is -2.40. The molecule has 2 aromatic carbocycles. The highest BCUT2D eigenvalue weighted by atomic mass is 16.5. The van der Waals surface area contributed by atoms with Crippen LogP contribution < -0.4 is 19.5 Å². The molecule has 0 aliphatic rings. The molecule has 0 aromatic heterocycles. The van der Waals surface area contributed by atoms with E-state index in [1.165, 1.54) is 0 Å². The number of phenolic OH excluding ortho intramolecular Hbond substituents is 1. The van der Waals surface area contributed by atoms with E-state index in [1.54, 1.807) is 33.5 Å². The van der Waals surface area contributed by atoms with Crippen LogP contribution in [-0.4, -0.2) is 26.4 Å². The van der Waals surface area contributed by atoms with Gasteiger partial charge in [0.05, 0.1) is 21.3 Å². The molecule has 5 heteroatoms. The summed E-state index contributed by atoms with van der Waals surface area (Å²) in [6.07, 6.45) is 0. The van der Waals surface area contributed by atoms with E-state index < -0.39 is 0 Å². The van der Waals surface area contributed by atoms with E-state index in [2.05, 4.69) is 12.2 Å². The maximum absolute atomic E-state index is 9.51. The van der Waals surface area contributed by atoms with Gasteiger partial charge in [-0.25, -0.2) is 0 Å². The van der Waals surface area contributed by atoms with Gasteiger partial charge in [-0.2, -0.15) is 0 Å².